The first-order chi connectivity index (χ1) is 8.22. The summed E-state index contributed by atoms with van der Waals surface area (Å²) < 4.78 is 0. The van der Waals surface area contributed by atoms with Gasteiger partial charge in [-0.3, -0.25) is 9.98 Å². The van der Waals surface area contributed by atoms with Gasteiger partial charge in [-0.1, -0.05) is 6.07 Å². The van der Waals surface area contributed by atoms with Crippen molar-refractivity contribution < 1.29 is 0 Å². The summed E-state index contributed by atoms with van der Waals surface area (Å²) >= 11 is 4.73. The number of aryl methyl sites for hydroxylation is 1. The summed E-state index contributed by atoms with van der Waals surface area (Å²) in [5, 5.41) is 6.09. The van der Waals surface area contributed by atoms with Crippen molar-refractivity contribution >= 4 is 23.3 Å². The molecule has 0 amide bonds. The number of hydrogen-bond donors (Lipinski definition) is 3. The second kappa shape index (κ2) is 7.56. The summed E-state index contributed by atoms with van der Waals surface area (Å²) in [6, 6.07) is 5.92. The molecule has 0 saturated carbocycles. The van der Waals surface area contributed by atoms with Gasteiger partial charge >= 0.3 is 0 Å². The van der Waals surface area contributed by atoms with Gasteiger partial charge in [-0.05, 0) is 37.2 Å². The number of nitrogens with zero attached hydrogens (tertiary/aromatic N) is 2. The van der Waals surface area contributed by atoms with Gasteiger partial charge in [0.05, 0.1) is 0 Å². The van der Waals surface area contributed by atoms with Crippen molar-refractivity contribution in [1.29, 1.82) is 0 Å². The largest absolute Gasteiger partial charge is 0.376 e. The van der Waals surface area contributed by atoms with Crippen LogP contribution in [0, 0.1) is 0 Å². The van der Waals surface area contributed by atoms with Crippen molar-refractivity contribution in [3.63, 3.8) is 0 Å². The number of nitrogens with two attached hydrogens (primary N) is 1. The lowest BCUT2D eigenvalue weighted by molar-refractivity contribution is 0.751. The molecule has 17 heavy (non-hydrogen) atoms. The maximum atomic E-state index is 5.35. The number of rotatable bonds is 4. The first kappa shape index (κ1) is 13.4. The predicted molar refractivity (Wildman–Crippen MR) is 73.8 cm³/mol. The van der Waals surface area contributed by atoms with Gasteiger partial charge in [0.1, 0.15) is 0 Å². The normalized spacial score (nSPS) is 11.0. The van der Waals surface area contributed by atoms with Crippen LogP contribution in [0.1, 0.15) is 12.1 Å². The minimum Gasteiger partial charge on any atom is -0.376 e. The third-order valence-electron chi connectivity index (χ3n) is 2.09. The summed E-state index contributed by atoms with van der Waals surface area (Å²) in [7, 11) is 1.67. The summed E-state index contributed by atoms with van der Waals surface area (Å²) in [6.45, 7) is 0.791. The molecule has 0 unspecified atom stereocenters. The first-order valence-corrected chi connectivity index (χ1v) is 5.80. The number of guanidine groups is 1. The lowest BCUT2D eigenvalue weighted by atomic mass is 10.2. The van der Waals surface area contributed by atoms with Crippen LogP contribution in [0.2, 0.25) is 0 Å². The van der Waals surface area contributed by atoms with E-state index in [-0.39, 0.29) is 5.11 Å². The maximum Gasteiger partial charge on any atom is 0.197 e. The quantitative estimate of drug-likeness (QED) is 0.313. The van der Waals surface area contributed by atoms with Crippen LogP contribution in [0.3, 0.4) is 0 Å². The summed E-state index contributed by atoms with van der Waals surface area (Å²) in [5.74, 6) is 0.596. The molecule has 1 rings (SSSR count). The number of hydrogen-bond acceptors (Lipinski definition) is 3. The monoisotopic (exact) mass is 251 g/mol. The van der Waals surface area contributed by atoms with Crippen LogP contribution in [0.5, 0.6) is 0 Å². The molecule has 0 aliphatic heterocycles. The molecule has 4 N–H and O–H groups in total. The van der Waals surface area contributed by atoms with Gasteiger partial charge in [0, 0.05) is 25.5 Å². The minimum atomic E-state index is 0.211. The van der Waals surface area contributed by atoms with Crippen LogP contribution in [0.15, 0.2) is 29.4 Å². The highest BCUT2D eigenvalue weighted by Crippen LogP contribution is 1.96. The standard InChI is InChI=1S/C11H17N5S/c1-13-11(16-10(12)17)15-8-4-6-9-5-2-3-7-14-9/h2-3,5,7H,4,6,8H2,1H3,(H4,12,13,15,16,17). The van der Waals surface area contributed by atoms with Crippen LogP contribution < -0.4 is 16.4 Å². The van der Waals surface area contributed by atoms with Gasteiger partial charge in [0.15, 0.2) is 11.1 Å². The zero-order valence-electron chi connectivity index (χ0n) is 9.81. The summed E-state index contributed by atoms with van der Waals surface area (Å²) in [6.07, 6.45) is 3.70. The van der Waals surface area contributed by atoms with E-state index in [4.69, 9.17) is 18.0 Å². The number of thiocarbonyl (C=S) groups is 1. The Balaban J connectivity index is 2.21. The van der Waals surface area contributed by atoms with Crippen LogP contribution in [-0.2, 0) is 6.42 Å². The van der Waals surface area contributed by atoms with Gasteiger partial charge in [0.25, 0.3) is 0 Å². The molecule has 0 aromatic carbocycles. The molecule has 0 fully saturated rings. The number of pyridine rings is 1. The molecule has 0 spiro atoms. The topological polar surface area (TPSA) is 75.3 Å². The van der Waals surface area contributed by atoms with E-state index in [1.165, 1.54) is 0 Å². The molecular weight excluding hydrogens is 234 g/mol. The Labute approximate surface area is 107 Å². The van der Waals surface area contributed by atoms with Crippen molar-refractivity contribution in [1.82, 2.24) is 15.6 Å². The maximum absolute atomic E-state index is 5.35. The molecule has 6 heteroatoms. The molecule has 0 atom stereocenters. The van der Waals surface area contributed by atoms with Crippen LogP contribution in [0.4, 0.5) is 0 Å². The molecule has 92 valence electrons. The second-order valence-corrected chi connectivity index (χ2v) is 3.85. The first-order valence-electron chi connectivity index (χ1n) is 5.39. The van der Waals surface area contributed by atoms with Crippen LogP contribution in [0.25, 0.3) is 0 Å². The van der Waals surface area contributed by atoms with E-state index in [1.54, 1.807) is 13.2 Å². The van der Waals surface area contributed by atoms with Gasteiger partial charge < -0.3 is 16.4 Å². The molecule has 0 aliphatic rings. The van der Waals surface area contributed by atoms with Crippen molar-refractivity contribution in [3.05, 3.63) is 30.1 Å². The Bertz CT molecular complexity index is 377. The molecule has 1 aromatic rings. The fourth-order valence-corrected chi connectivity index (χ4v) is 1.41. The average molecular weight is 251 g/mol. The molecule has 5 nitrogen and oxygen atoms in total. The summed E-state index contributed by atoms with van der Waals surface area (Å²) in [5.41, 5.74) is 6.44. The lowest BCUT2D eigenvalue weighted by Crippen LogP contribution is -2.43. The van der Waals surface area contributed by atoms with E-state index < -0.39 is 0 Å². The Morgan fingerprint density at radius 2 is 2.35 bits per heavy atom. The average Bonchev–Trinajstić information content (AvgIpc) is 2.34. The van der Waals surface area contributed by atoms with E-state index in [1.807, 2.05) is 18.2 Å². The highest BCUT2D eigenvalue weighted by molar-refractivity contribution is 7.80. The SMILES string of the molecule is CN=C(NCCCc1ccccn1)NC(N)=S. The zero-order valence-corrected chi connectivity index (χ0v) is 10.6. The van der Waals surface area contributed by atoms with Crippen molar-refractivity contribution in [2.24, 2.45) is 10.7 Å². The van der Waals surface area contributed by atoms with E-state index in [2.05, 4.69) is 20.6 Å². The number of nitrogens with one attached hydrogen (secondary N) is 2. The Morgan fingerprint density at radius 3 is 2.94 bits per heavy atom. The molecule has 1 heterocycles. The number of aromatic nitrogens is 1. The van der Waals surface area contributed by atoms with Crippen molar-refractivity contribution in [2.45, 2.75) is 12.8 Å². The Hall–Kier alpha value is -1.69. The van der Waals surface area contributed by atoms with E-state index >= 15 is 0 Å². The van der Waals surface area contributed by atoms with Gasteiger partial charge in [-0.15, -0.1) is 0 Å². The van der Waals surface area contributed by atoms with E-state index in [0.717, 1.165) is 25.1 Å². The third kappa shape index (κ3) is 5.82. The van der Waals surface area contributed by atoms with E-state index in [0.29, 0.717) is 5.96 Å². The fourth-order valence-electron chi connectivity index (χ4n) is 1.32. The Kier molecular flexibility index (Phi) is 5.95. The summed E-state index contributed by atoms with van der Waals surface area (Å²) in [4.78, 5) is 8.23. The molecule has 0 bridgehead atoms. The lowest BCUT2D eigenvalue weighted by Gasteiger charge is -2.09. The highest BCUT2D eigenvalue weighted by atomic mass is 32.1. The van der Waals surface area contributed by atoms with Crippen molar-refractivity contribution in [2.75, 3.05) is 13.6 Å². The third-order valence-corrected chi connectivity index (χ3v) is 2.20. The zero-order chi connectivity index (χ0) is 12.5. The van der Waals surface area contributed by atoms with Gasteiger partial charge in [-0.2, -0.15) is 0 Å². The predicted octanol–water partition coefficient (Wildman–Crippen LogP) is 0.423. The Morgan fingerprint density at radius 1 is 1.53 bits per heavy atom. The highest BCUT2D eigenvalue weighted by Gasteiger charge is 1.98. The molecular formula is C11H17N5S. The second-order valence-electron chi connectivity index (χ2n) is 3.41. The molecule has 1 aromatic heterocycles. The van der Waals surface area contributed by atoms with Crippen molar-refractivity contribution in [3.8, 4) is 0 Å². The van der Waals surface area contributed by atoms with Gasteiger partial charge in [-0.25, -0.2) is 0 Å². The molecule has 0 radical (unpaired) electrons. The number of aliphatic imine (C=N–C) groups is 1. The van der Waals surface area contributed by atoms with Crippen LogP contribution >= 0.6 is 12.2 Å². The molecule has 0 aliphatic carbocycles. The van der Waals surface area contributed by atoms with E-state index in [9.17, 15) is 0 Å². The minimum absolute atomic E-state index is 0.211. The smallest absolute Gasteiger partial charge is 0.197 e. The molecule has 0 saturated heterocycles. The fraction of sp³-hybridized carbons (Fsp3) is 0.364. The van der Waals surface area contributed by atoms with Gasteiger partial charge in [0.2, 0.25) is 0 Å². The van der Waals surface area contributed by atoms with Crippen LogP contribution in [-0.4, -0.2) is 29.6 Å².